The molecule has 1 aliphatic heterocycles. The molecule has 0 amide bonds. The zero-order valence-corrected chi connectivity index (χ0v) is 17.8. The number of hydrogen-bond donors (Lipinski definition) is 0. The molecule has 0 bridgehead atoms. The Morgan fingerprint density at radius 2 is 1.74 bits per heavy atom. The van der Waals surface area contributed by atoms with Gasteiger partial charge in [0.1, 0.15) is 17.4 Å². The van der Waals surface area contributed by atoms with E-state index in [9.17, 15) is 9.59 Å². The smallest absolute Gasteiger partial charge is 0.355 e. The molecule has 0 atom stereocenters. The Bertz CT molecular complexity index is 1140. The van der Waals surface area contributed by atoms with Gasteiger partial charge in [-0.05, 0) is 12.1 Å². The minimum absolute atomic E-state index is 0.0280. The van der Waals surface area contributed by atoms with Crippen LogP contribution in [0.1, 0.15) is 0 Å². The third-order valence-electron chi connectivity index (χ3n) is 4.81. The number of esters is 2. The maximum atomic E-state index is 12.5. The normalized spacial score (nSPS) is 13.8. The standard InChI is InChI=1S/C23H20N2O5S/c1-28-22(26)18-12-30-14-25(20(18)23(27)29-2)17-10-6-9-16(11-17)19-13-31-21(24-19)15-7-4-3-5-8-15/h3-11,13H,12,14H2,1-2H3. The van der Waals surface area contributed by atoms with Crippen LogP contribution >= 0.6 is 11.3 Å². The lowest BCUT2D eigenvalue weighted by atomic mass is 10.1. The molecule has 0 fully saturated rings. The molecule has 0 saturated carbocycles. The van der Waals surface area contributed by atoms with Crippen molar-refractivity contribution in [2.45, 2.75) is 0 Å². The number of benzene rings is 2. The number of carbonyl (C=O) groups excluding carboxylic acids is 2. The first-order valence-corrected chi connectivity index (χ1v) is 10.4. The fraction of sp³-hybridized carbons (Fsp3) is 0.174. The minimum Gasteiger partial charge on any atom is -0.466 e. The van der Waals surface area contributed by atoms with Gasteiger partial charge in [0.2, 0.25) is 0 Å². The van der Waals surface area contributed by atoms with Crippen LogP contribution in [0.25, 0.3) is 21.8 Å². The average molecular weight is 436 g/mol. The van der Waals surface area contributed by atoms with Crippen molar-refractivity contribution in [3.8, 4) is 21.8 Å². The first kappa shape index (κ1) is 20.8. The Morgan fingerprint density at radius 3 is 2.48 bits per heavy atom. The molecular formula is C23H20N2O5S. The van der Waals surface area contributed by atoms with Gasteiger partial charge >= 0.3 is 11.9 Å². The van der Waals surface area contributed by atoms with Crippen molar-refractivity contribution in [3.63, 3.8) is 0 Å². The number of aromatic nitrogens is 1. The van der Waals surface area contributed by atoms with E-state index in [-0.39, 0.29) is 24.6 Å². The quantitative estimate of drug-likeness (QED) is 0.562. The molecule has 8 heteroatoms. The molecule has 0 spiro atoms. The van der Waals surface area contributed by atoms with Crippen molar-refractivity contribution in [2.24, 2.45) is 0 Å². The maximum absolute atomic E-state index is 12.5. The van der Waals surface area contributed by atoms with E-state index in [0.717, 1.165) is 21.8 Å². The predicted octanol–water partition coefficient (Wildman–Crippen LogP) is 3.87. The van der Waals surface area contributed by atoms with Crippen molar-refractivity contribution in [1.29, 1.82) is 0 Å². The van der Waals surface area contributed by atoms with Crippen LogP contribution in [0.3, 0.4) is 0 Å². The van der Waals surface area contributed by atoms with Gasteiger partial charge in [0, 0.05) is 22.2 Å². The van der Waals surface area contributed by atoms with Gasteiger partial charge in [0.05, 0.1) is 32.1 Å². The Kier molecular flexibility index (Phi) is 6.11. The zero-order chi connectivity index (χ0) is 21.8. The van der Waals surface area contributed by atoms with Gasteiger partial charge in [-0.1, -0.05) is 42.5 Å². The second-order valence-corrected chi connectivity index (χ2v) is 7.53. The number of carbonyl (C=O) groups is 2. The van der Waals surface area contributed by atoms with Crippen LogP contribution in [-0.4, -0.2) is 44.5 Å². The molecule has 0 aliphatic carbocycles. The molecule has 1 aliphatic rings. The van der Waals surface area contributed by atoms with Crippen LogP contribution in [0.5, 0.6) is 0 Å². The Balaban J connectivity index is 1.71. The topological polar surface area (TPSA) is 78.0 Å². The minimum atomic E-state index is -0.631. The monoisotopic (exact) mass is 436 g/mol. The van der Waals surface area contributed by atoms with E-state index in [0.29, 0.717) is 5.69 Å². The van der Waals surface area contributed by atoms with Crippen LogP contribution in [0.2, 0.25) is 0 Å². The molecule has 0 saturated heterocycles. The van der Waals surface area contributed by atoms with Crippen LogP contribution in [0.15, 0.2) is 71.2 Å². The summed E-state index contributed by atoms with van der Waals surface area (Å²) in [6.45, 7) is 0.0700. The Morgan fingerprint density at radius 1 is 1.00 bits per heavy atom. The van der Waals surface area contributed by atoms with Crippen LogP contribution in [0, 0.1) is 0 Å². The van der Waals surface area contributed by atoms with Gasteiger partial charge in [-0.15, -0.1) is 11.3 Å². The Hall–Kier alpha value is -3.49. The molecule has 1 aromatic heterocycles. The van der Waals surface area contributed by atoms with Crippen LogP contribution in [-0.2, 0) is 23.8 Å². The summed E-state index contributed by atoms with van der Waals surface area (Å²) in [6, 6.07) is 17.5. The summed E-state index contributed by atoms with van der Waals surface area (Å²) in [7, 11) is 2.53. The third-order valence-corrected chi connectivity index (χ3v) is 5.70. The lowest BCUT2D eigenvalue weighted by molar-refractivity contribution is -0.140. The molecule has 7 nitrogen and oxygen atoms in total. The summed E-state index contributed by atoms with van der Waals surface area (Å²) in [5, 5.41) is 2.91. The second-order valence-electron chi connectivity index (χ2n) is 6.67. The highest BCUT2D eigenvalue weighted by Crippen LogP contribution is 2.33. The first-order chi connectivity index (χ1) is 15.1. The number of methoxy groups -OCH3 is 2. The van der Waals surface area contributed by atoms with E-state index in [1.54, 1.807) is 16.2 Å². The molecule has 0 N–H and O–H groups in total. The van der Waals surface area contributed by atoms with Gasteiger partial charge in [-0.25, -0.2) is 14.6 Å². The van der Waals surface area contributed by atoms with E-state index in [4.69, 9.17) is 19.2 Å². The zero-order valence-electron chi connectivity index (χ0n) is 17.0. The van der Waals surface area contributed by atoms with E-state index >= 15 is 0 Å². The SMILES string of the molecule is COC(=O)C1=C(C(=O)OC)N(c2cccc(-c3csc(-c4ccccc4)n3)c2)COC1. The van der Waals surface area contributed by atoms with Gasteiger partial charge in [-0.3, -0.25) is 0 Å². The number of hydrogen-bond acceptors (Lipinski definition) is 8. The lowest BCUT2D eigenvalue weighted by Crippen LogP contribution is -2.38. The predicted molar refractivity (Wildman–Crippen MR) is 117 cm³/mol. The van der Waals surface area contributed by atoms with Gasteiger partial charge < -0.3 is 19.1 Å². The third kappa shape index (κ3) is 4.21. The van der Waals surface area contributed by atoms with Crippen molar-refractivity contribution >= 4 is 29.0 Å². The summed E-state index contributed by atoms with van der Waals surface area (Å²) < 4.78 is 15.3. The molecule has 2 aromatic carbocycles. The summed E-state index contributed by atoms with van der Waals surface area (Å²) in [6.07, 6.45) is 0. The van der Waals surface area contributed by atoms with Crippen molar-refractivity contribution in [3.05, 3.63) is 71.2 Å². The van der Waals surface area contributed by atoms with E-state index < -0.39 is 11.9 Å². The second kappa shape index (κ2) is 9.11. The van der Waals surface area contributed by atoms with Crippen molar-refractivity contribution in [2.75, 3.05) is 32.5 Å². The fourth-order valence-corrected chi connectivity index (χ4v) is 4.14. The number of nitrogens with zero attached hydrogens (tertiary/aromatic N) is 2. The molecule has 31 heavy (non-hydrogen) atoms. The van der Waals surface area contributed by atoms with Crippen LogP contribution < -0.4 is 4.90 Å². The molecule has 0 radical (unpaired) electrons. The summed E-state index contributed by atoms with van der Waals surface area (Å²) >= 11 is 1.56. The number of thiazole rings is 1. The molecule has 2 heterocycles. The van der Waals surface area contributed by atoms with E-state index in [1.807, 2.05) is 60.0 Å². The lowest BCUT2D eigenvalue weighted by Gasteiger charge is -2.31. The Labute approximate surface area is 183 Å². The molecule has 0 unspecified atom stereocenters. The number of rotatable bonds is 5. The highest BCUT2D eigenvalue weighted by molar-refractivity contribution is 7.13. The van der Waals surface area contributed by atoms with Crippen LogP contribution in [0.4, 0.5) is 5.69 Å². The van der Waals surface area contributed by atoms with E-state index in [1.165, 1.54) is 14.2 Å². The highest BCUT2D eigenvalue weighted by atomic mass is 32.1. The van der Waals surface area contributed by atoms with Crippen molar-refractivity contribution < 1.29 is 23.8 Å². The molecule has 4 rings (SSSR count). The highest BCUT2D eigenvalue weighted by Gasteiger charge is 2.32. The van der Waals surface area contributed by atoms with E-state index in [2.05, 4.69) is 0 Å². The molecular weight excluding hydrogens is 416 g/mol. The number of anilines is 1. The maximum Gasteiger partial charge on any atom is 0.355 e. The number of ether oxygens (including phenoxy) is 3. The summed E-state index contributed by atoms with van der Waals surface area (Å²) in [5.74, 6) is -1.26. The average Bonchev–Trinajstić information content (AvgIpc) is 3.33. The molecule has 158 valence electrons. The first-order valence-electron chi connectivity index (χ1n) is 9.49. The van der Waals surface area contributed by atoms with Crippen molar-refractivity contribution in [1.82, 2.24) is 4.98 Å². The van der Waals surface area contributed by atoms with Gasteiger partial charge in [0.25, 0.3) is 0 Å². The summed E-state index contributed by atoms with van der Waals surface area (Å²) in [4.78, 5) is 31.1. The fourth-order valence-electron chi connectivity index (χ4n) is 3.30. The van der Waals surface area contributed by atoms with Gasteiger partial charge in [0.15, 0.2) is 0 Å². The molecule has 3 aromatic rings. The summed E-state index contributed by atoms with van der Waals surface area (Å²) in [5.41, 5.74) is 3.66. The van der Waals surface area contributed by atoms with Gasteiger partial charge in [-0.2, -0.15) is 0 Å². The largest absolute Gasteiger partial charge is 0.466 e.